The molecule has 0 unspecified atom stereocenters. The molecule has 19 heavy (non-hydrogen) atoms. The largest absolute Gasteiger partial charge is 0.343 e. The summed E-state index contributed by atoms with van der Waals surface area (Å²) in [6.07, 6.45) is 2.05. The van der Waals surface area contributed by atoms with Crippen LogP contribution in [0.2, 0.25) is 5.02 Å². The summed E-state index contributed by atoms with van der Waals surface area (Å²) < 4.78 is 2.17. The van der Waals surface area contributed by atoms with Crippen molar-refractivity contribution < 1.29 is 0 Å². The van der Waals surface area contributed by atoms with E-state index in [1.807, 2.05) is 42.5 Å². The van der Waals surface area contributed by atoms with Gasteiger partial charge in [0, 0.05) is 28.7 Å². The maximum atomic E-state index is 8.78. The number of rotatable bonds is 2. The molecule has 0 aliphatic rings. The van der Waals surface area contributed by atoms with Gasteiger partial charge in [-0.3, -0.25) is 0 Å². The number of hydrogen-bond donors (Lipinski definition) is 0. The van der Waals surface area contributed by atoms with Crippen molar-refractivity contribution in [2.24, 2.45) is 0 Å². The first-order chi connectivity index (χ1) is 9.26. The van der Waals surface area contributed by atoms with Crippen LogP contribution in [0, 0.1) is 11.3 Å². The molecule has 0 N–H and O–H groups in total. The second-order valence-corrected chi connectivity index (χ2v) is 4.89. The van der Waals surface area contributed by atoms with E-state index in [4.69, 9.17) is 16.9 Å². The molecule has 0 saturated carbocycles. The van der Waals surface area contributed by atoms with Gasteiger partial charge in [0.05, 0.1) is 11.6 Å². The zero-order valence-corrected chi connectivity index (χ0v) is 10.9. The summed E-state index contributed by atoms with van der Waals surface area (Å²) in [5.74, 6) is 0. The SMILES string of the molecule is N#Cc1ccc(Cn2ccc3cc(Cl)ccc32)cc1. The Labute approximate surface area is 116 Å². The summed E-state index contributed by atoms with van der Waals surface area (Å²) in [4.78, 5) is 0. The Morgan fingerprint density at radius 3 is 2.58 bits per heavy atom. The third-order valence-corrected chi connectivity index (χ3v) is 3.40. The highest BCUT2D eigenvalue weighted by Gasteiger charge is 2.02. The predicted octanol–water partition coefficient (Wildman–Crippen LogP) is 4.21. The molecule has 0 aliphatic carbocycles. The van der Waals surface area contributed by atoms with Crippen molar-refractivity contribution in [1.82, 2.24) is 4.57 Å². The molecule has 1 aromatic heterocycles. The molecule has 0 radical (unpaired) electrons. The third kappa shape index (κ3) is 2.33. The van der Waals surface area contributed by atoms with Crippen molar-refractivity contribution in [3.05, 3.63) is 70.9 Å². The van der Waals surface area contributed by atoms with E-state index in [0.717, 1.165) is 22.5 Å². The highest BCUT2D eigenvalue weighted by molar-refractivity contribution is 6.31. The maximum absolute atomic E-state index is 8.78. The van der Waals surface area contributed by atoms with E-state index in [2.05, 4.69) is 22.9 Å². The smallest absolute Gasteiger partial charge is 0.0991 e. The van der Waals surface area contributed by atoms with E-state index in [0.29, 0.717) is 5.56 Å². The number of hydrogen-bond acceptors (Lipinski definition) is 1. The van der Waals surface area contributed by atoms with Gasteiger partial charge in [0.1, 0.15) is 0 Å². The summed E-state index contributed by atoms with van der Waals surface area (Å²) in [7, 11) is 0. The number of nitriles is 1. The van der Waals surface area contributed by atoms with Crippen LogP contribution in [-0.2, 0) is 6.54 Å². The van der Waals surface area contributed by atoms with E-state index < -0.39 is 0 Å². The van der Waals surface area contributed by atoms with Crippen molar-refractivity contribution in [2.75, 3.05) is 0 Å². The topological polar surface area (TPSA) is 28.7 Å². The molecule has 0 spiro atoms. The lowest BCUT2D eigenvalue weighted by atomic mass is 10.1. The first-order valence-corrected chi connectivity index (χ1v) is 6.37. The molecular formula is C16H11ClN2. The standard InChI is InChI=1S/C16H11ClN2/c17-15-5-6-16-14(9-15)7-8-19(16)11-13-3-1-12(10-18)2-4-13/h1-9H,11H2. The molecular weight excluding hydrogens is 256 g/mol. The maximum Gasteiger partial charge on any atom is 0.0991 e. The molecule has 3 rings (SSSR count). The quantitative estimate of drug-likeness (QED) is 0.683. The predicted molar refractivity (Wildman–Crippen MR) is 77.2 cm³/mol. The van der Waals surface area contributed by atoms with E-state index in [1.54, 1.807) is 0 Å². The van der Waals surface area contributed by atoms with Gasteiger partial charge in [-0.2, -0.15) is 5.26 Å². The monoisotopic (exact) mass is 266 g/mol. The Morgan fingerprint density at radius 1 is 1.05 bits per heavy atom. The van der Waals surface area contributed by atoms with Crippen molar-refractivity contribution >= 4 is 22.5 Å². The highest BCUT2D eigenvalue weighted by Crippen LogP contribution is 2.21. The zero-order valence-electron chi connectivity index (χ0n) is 10.2. The van der Waals surface area contributed by atoms with Gasteiger partial charge in [0.25, 0.3) is 0 Å². The van der Waals surface area contributed by atoms with Gasteiger partial charge >= 0.3 is 0 Å². The van der Waals surface area contributed by atoms with Gasteiger partial charge in [-0.05, 0) is 42.0 Å². The van der Waals surface area contributed by atoms with Gasteiger partial charge in [-0.25, -0.2) is 0 Å². The Hall–Kier alpha value is -2.24. The molecule has 2 nitrogen and oxygen atoms in total. The Balaban J connectivity index is 1.94. The number of benzene rings is 2. The molecule has 1 heterocycles. The molecule has 0 atom stereocenters. The number of fused-ring (bicyclic) bond motifs is 1. The van der Waals surface area contributed by atoms with Gasteiger partial charge in [-0.1, -0.05) is 23.7 Å². The fourth-order valence-electron chi connectivity index (χ4n) is 2.19. The van der Waals surface area contributed by atoms with Crippen molar-refractivity contribution in [3.8, 4) is 6.07 Å². The van der Waals surface area contributed by atoms with Crippen molar-refractivity contribution in [2.45, 2.75) is 6.54 Å². The van der Waals surface area contributed by atoms with Crippen molar-refractivity contribution in [3.63, 3.8) is 0 Å². The summed E-state index contributed by atoms with van der Waals surface area (Å²) in [5.41, 5.74) is 3.02. The van der Waals surface area contributed by atoms with E-state index in [1.165, 1.54) is 5.56 Å². The normalized spacial score (nSPS) is 10.5. The third-order valence-electron chi connectivity index (χ3n) is 3.17. The van der Waals surface area contributed by atoms with E-state index in [9.17, 15) is 0 Å². The minimum absolute atomic E-state index is 0.688. The zero-order chi connectivity index (χ0) is 13.2. The first kappa shape index (κ1) is 11.8. The fraction of sp³-hybridized carbons (Fsp3) is 0.0625. The molecule has 3 aromatic rings. The van der Waals surface area contributed by atoms with Gasteiger partial charge in [-0.15, -0.1) is 0 Å². The van der Waals surface area contributed by atoms with Crippen LogP contribution in [0.5, 0.6) is 0 Å². The van der Waals surface area contributed by atoms with Crippen LogP contribution in [0.15, 0.2) is 54.7 Å². The minimum atomic E-state index is 0.688. The first-order valence-electron chi connectivity index (χ1n) is 6.00. The lowest BCUT2D eigenvalue weighted by molar-refractivity contribution is 0.837. The van der Waals surface area contributed by atoms with Crippen LogP contribution in [0.25, 0.3) is 10.9 Å². The molecule has 0 amide bonds. The molecule has 0 aliphatic heterocycles. The van der Waals surface area contributed by atoms with Crippen LogP contribution in [-0.4, -0.2) is 4.57 Å². The minimum Gasteiger partial charge on any atom is -0.343 e. The Kier molecular flexibility index (Phi) is 2.98. The molecule has 3 heteroatoms. The van der Waals surface area contributed by atoms with E-state index in [-0.39, 0.29) is 0 Å². The molecule has 92 valence electrons. The summed E-state index contributed by atoms with van der Waals surface area (Å²) >= 11 is 5.98. The van der Waals surface area contributed by atoms with Crippen LogP contribution >= 0.6 is 11.6 Å². The van der Waals surface area contributed by atoms with Crippen LogP contribution in [0.1, 0.15) is 11.1 Å². The molecule has 0 saturated heterocycles. The fourth-order valence-corrected chi connectivity index (χ4v) is 2.37. The lowest BCUT2D eigenvalue weighted by Crippen LogP contribution is -1.97. The lowest BCUT2D eigenvalue weighted by Gasteiger charge is -2.06. The average molecular weight is 267 g/mol. The molecule has 0 fully saturated rings. The number of nitrogens with zero attached hydrogens (tertiary/aromatic N) is 2. The number of aromatic nitrogens is 1. The van der Waals surface area contributed by atoms with Gasteiger partial charge in [0.2, 0.25) is 0 Å². The average Bonchev–Trinajstić information content (AvgIpc) is 2.82. The summed E-state index contributed by atoms with van der Waals surface area (Å²) in [5, 5.41) is 10.7. The van der Waals surface area contributed by atoms with Gasteiger partial charge in [0.15, 0.2) is 0 Å². The Morgan fingerprint density at radius 2 is 1.84 bits per heavy atom. The van der Waals surface area contributed by atoms with E-state index >= 15 is 0 Å². The van der Waals surface area contributed by atoms with Crippen molar-refractivity contribution in [1.29, 1.82) is 5.26 Å². The number of halogens is 1. The van der Waals surface area contributed by atoms with Crippen LogP contribution in [0.4, 0.5) is 0 Å². The molecule has 2 aromatic carbocycles. The second kappa shape index (κ2) is 4.79. The highest BCUT2D eigenvalue weighted by atomic mass is 35.5. The van der Waals surface area contributed by atoms with Gasteiger partial charge < -0.3 is 4.57 Å². The molecule has 0 bridgehead atoms. The van der Waals surface area contributed by atoms with Crippen LogP contribution in [0.3, 0.4) is 0 Å². The summed E-state index contributed by atoms with van der Waals surface area (Å²) in [6.45, 7) is 0.789. The van der Waals surface area contributed by atoms with Crippen LogP contribution < -0.4 is 0 Å². The second-order valence-electron chi connectivity index (χ2n) is 4.46. The summed E-state index contributed by atoms with van der Waals surface area (Å²) in [6, 6.07) is 17.7. The Bertz CT molecular complexity index is 764.